The summed E-state index contributed by atoms with van der Waals surface area (Å²) in [6.45, 7) is 1.96. The maximum Gasteiger partial charge on any atom is 0.323 e. The van der Waals surface area contributed by atoms with Crippen LogP contribution < -0.4 is 10.6 Å². The van der Waals surface area contributed by atoms with E-state index >= 15 is 0 Å². The maximum atomic E-state index is 13.6. The van der Waals surface area contributed by atoms with Gasteiger partial charge in [-0.3, -0.25) is 5.10 Å². The number of aromatic amines is 1. The smallest absolute Gasteiger partial charge is 0.305 e. The van der Waals surface area contributed by atoms with Gasteiger partial charge in [0.05, 0.1) is 21.9 Å². The van der Waals surface area contributed by atoms with Gasteiger partial charge in [-0.2, -0.15) is 5.10 Å². The van der Waals surface area contributed by atoms with Gasteiger partial charge in [0.2, 0.25) is 0 Å². The highest BCUT2D eigenvalue weighted by molar-refractivity contribution is 7.13. The Hall–Kier alpha value is -2.67. The largest absolute Gasteiger partial charge is 0.323 e. The lowest BCUT2D eigenvalue weighted by Gasteiger charge is -2.09. The summed E-state index contributed by atoms with van der Waals surface area (Å²) < 4.78 is 13.6. The molecule has 2 amide bonds. The van der Waals surface area contributed by atoms with Gasteiger partial charge in [0.15, 0.2) is 0 Å². The van der Waals surface area contributed by atoms with Gasteiger partial charge >= 0.3 is 6.03 Å². The second-order valence-corrected chi connectivity index (χ2v) is 5.76. The molecule has 0 aliphatic carbocycles. The normalized spacial score (nSPS) is 10.5. The van der Waals surface area contributed by atoms with Crippen molar-refractivity contribution >= 4 is 28.7 Å². The minimum Gasteiger partial charge on any atom is -0.305 e. The van der Waals surface area contributed by atoms with Crippen molar-refractivity contribution in [3.63, 3.8) is 0 Å². The van der Waals surface area contributed by atoms with Crippen molar-refractivity contribution in [1.82, 2.24) is 10.2 Å². The van der Waals surface area contributed by atoms with Crippen LogP contribution in [0.2, 0.25) is 0 Å². The minimum atomic E-state index is -0.510. The fraction of sp³-hybridized carbons (Fsp3) is 0.125. The molecule has 5 nitrogen and oxygen atoms in total. The average molecular weight is 330 g/mol. The van der Waals surface area contributed by atoms with Crippen LogP contribution in [0.15, 0.2) is 41.8 Å². The summed E-state index contributed by atoms with van der Waals surface area (Å²) in [4.78, 5) is 13.1. The van der Waals surface area contributed by atoms with Crippen LogP contribution in [0.5, 0.6) is 0 Å². The van der Waals surface area contributed by atoms with Crippen LogP contribution in [-0.2, 0) is 6.42 Å². The Labute approximate surface area is 136 Å². The van der Waals surface area contributed by atoms with Gasteiger partial charge < -0.3 is 10.6 Å². The van der Waals surface area contributed by atoms with Gasteiger partial charge in [0.25, 0.3) is 0 Å². The van der Waals surface area contributed by atoms with Crippen molar-refractivity contribution in [2.45, 2.75) is 13.3 Å². The van der Waals surface area contributed by atoms with Gasteiger partial charge in [0, 0.05) is 0 Å². The molecule has 2 aromatic heterocycles. The molecule has 0 unspecified atom stereocenters. The van der Waals surface area contributed by atoms with Gasteiger partial charge in [0.1, 0.15) is 11.5 Å². The van der Waals surface area contributed by atoms with E-state index in [0.717, 1.165) is 10.6 Å². The number of rotatable bonds is 4. The zero-order valence-electron chi connectivity index (χ0n) is 12.4. The number of urea groups is 1. The highest BCUT2D eigenvalue weighted by Crippen LogP contribution is 2.32. The molecule has 23 heavy (non-hydrogen) atoms. The molecule has 0 aliphatic rings. The number of thiophene rings is 1. The number of hydrogen-bond donors (Lipinski definition) is 3. The molecule has 0 saturated heterocycles. The second-order valence-electron chi connectivity index (χ2n) is 4.82. The summed E-state index contributed by atoms with van der Waals surface area (Å²) in [5, 5.41) is 14.4. The van der Waals surface area contributed by atoms with E-state index in [-0.39, 0.29) is 5.69 Å². The van der Waals surface area contributed by atoms with Crippen LogP contribution in [0, 0.1) is 5.82 Å². The van der Waals surface area contributed by atoms with Gasteiger partial charge in [-0.05, 0) is 30.0 Å². The lowest BCUT2D eigenvalue weighted by atomic mass is 10.2. The summed E-state index contributed by atoms with van der Waals surface area (Å²) in [7, 11) is 0. The van der Waals surface area contributed by atoms with Crippen LogP contribution in [0.4, 0.5) is 20.6 Å². The van der Waals surface area contributed by atoms with E-state index in [2.05, 4.69) is 20.8 Å². The van der Waals surface area contributed by atoms with E-state index in [9.17, 15) is 9.18 Å². The Morgan fingerprint density at radius 1 is 1.26 bits per heavy atom. The fourth-order valence-electron chi connectivity index (χ4n) is 2.19. The van der Waals surface area contributed by atoms with Crippen molar-refractivity contribution in [1.29, 1.82) is 0 Å². The van der Waals surface area contributed by atoms with Crippen LogP contribution in [0.1, 0.15) is 12.6 Å². The van der Waals surface area contributed by atoms with Crippen molar-refractivity contribution in [2.75, 3.05) is 10.6 Å². The third-order valence-corrected chi connectivity index (χ3v) is 4.19. The van der Waals surface area contributed by atoms with Gasteiger partial charge in [-0.15, -0.1) is 11.3 Å². The van der Waals surface area contributed by atoms with Crippen LogP contribution in [0.3, 0.4) is 0 Å². The van der Waals surface area contributed by atoms with Gasteiger partial charge in [-0.1, -0.05) is 25.1 Å². The lowest BCUT2D eigenvalue weighted by Crippen LogP contribution is -2.20. The highest BCUT2D eigenvalue weighted by Gasteiger charge is 2.17. The number of aryl methyl sites for hydroxylation is 1. The van der Waals surface area contributed by atoms with E-state index in [1.807, 2.05) is 24.4 Å². The molecule has 0 radical (unpaired) electrons. The molecule has 3 N–H and O–H groups in total. The van der Waals surface area contributed by atoms with Crippen molar-refractivity contribution < 1.29 is 9.18 Å². The number of nitrogens with one attached hydrogen (secondary N) is 3. The molecule has 3 aromatic rings. The van der Waals surface area contributed by atoms with Crippen molar-refractivity contribution in [3.8, 4) is 10.6 Å². The zero-order valence-corrected chi connectivity index (χ0v) is 13.2. The van der Waals surface area contributed by atoms with Crippen LogP contribution in [-0.4, -0.2) is 16.2 Å². The number of halogens is 1. The summed E-state index contributed by atoms with van der Waals surface area (Å²) in [6.07, 6.45) is 0.688. The molecule has 0 fully saturated rings. The predicted molar refractivity (Wildman–Crippen MR) is 90.3 cm³/mol. The Morgan fingerprint density at radius 3 is 2.78 bits per heavy atom. The van der Waals surface area contributed by atoms with E-state index in [1.165, 1.54) is 23.5 Å². The van der Waals surface area contributed by atoms with E-state index < -0.39 is 11.8 Å². The molecule has 118 valence electrons. The Bertz CT molecular complexity index is 813. The number of hydrogen-bond acceptors (Lipinski definition) is 3. The first kappa shape index (κ1) is 15.2. The quantitative estimate of drug-likeness (QED) is 0.660. The predicted octanol–water partition coefficient (Wildman–Crippen LogP) is 4.48. The average Bonchev–Trinajstić information content (AvgIpc) is 3.18. The summed E-state index contributed by atoms with van der Waals surface area (Å²) in [6, 6.07) is 9.37. The first-order valence-corrected chi connectivity index (χ1v) is 8.00. The van der Waals surface area contributed by atoms with Crippen molar-refractivity contribution in [2.24, 2.45) is 0 Å². The second kappa shape index (κ2) is 6.62. The third-order valence-electron chi connectivity index (χ3n) is 3.31. The maximum absolute atomic E-state index is 13.6. The molecule has 2 heterocycles. The minimum absolute atomic E-state index is 0.129. The first-order valence-electron chi connectivity index (χ1n) is 7.12. The standard InChI is InChI=1S/C16H15FN4OS/c1-2-11-14(15(21-20-11)13-8-5-9-23-13)19-16(22)18-12-7-4-3-6-10(12)17/h3-9H,2H2,1H3,(H,20,21)(H2,18,19,22). The molecule has 0 aliphatic heterocycles. The monoisotopic (exact) mass is 330 g/mol. The summed E-state index contributed by atoms with van der Waals surface area (Å²) in [5.74, 6) is -0.482. The Kier molecular flexibility index (Phi) is 4.38. The molecule has 7 heteroatoms. The van der Waals surface area contributed by atoms with Crippen LogP contribution >= 0.6 is 11.3 Å². The summed E-state index contributed by atoms with van der Waals surface area (Å²) >= 11 is 1.53. The number of para-hydroxylation sites is 1. The number of amides is 2. The third kappa shape index (κ3) is 3.24. The number of carbonyl (C=O) groups excluding carboxylic acids is 1. The molecule has 3 rings (SSSR count). The first-order chi connectivity index (χ1) is 11.2. The number of carbonyl (C=O) groups is 1. The lowest BCUT2D eigenvalue weighted by molar-refractivity contribution is 0.262. The molecule has 0 spiro atoms. The van der Waals surface area contributed by atoms with E-state index in [0.29, 0.717) is 17.8 Å². The van der Waals surface area contributed by atoms with Gasteiger partial charge in [-0.25, -0.2) is 9.18 Å². The Balaban J connectivity index is 1.83. The Morgan fingerprint density at radius 2 is 2.09 bits per heavy atom. The molecule has 0 atom stereocenters. The summed E-state index contributed by atoms with van der Waals surface area (Å²) in [5.41, 5.74) is 2.24. The van der Waals surface area contributed by atoms with E-state index in [1.54, 1.807) is 12.1 Å². The number of H-pyrrole nitrogens is 1. The SMILES string of the molecule is CCc1[nH]nc(-c2cccs2)c1NC(=O)Nc1ccccc1F. The number of anilines is 2. The van der Waals surface area contributed by atoms with Crippen molar-refractivity contribution in [3.05, 3.63) is 53.3 Å². The number of aromatic nitrogens is 2. The van der Waals surface area contributed by atoms with E-state index in [4.69, 9.17) is 0 Å². The molecular formula is C16H15FN4OS. The molecule has 1 aromatic carbocycles. The van der Waals surface area contributed by atoms with Crippen LogP contribution in [0.25, 0.3) is 10.6 Å². The highest BCUT2D eigenvalue weighted by atomic mass is 32.1. The fourth-order valence-corrected chi connectivity index (χ4v) is 2.91. The molecule has 0 bridgehead atoms. The molecule has 0 saturated carbocycles. The zero-order chi connectivity index (χ0) is 16.2. The number of benzene rings is 1. The topological polar surface area (TPSA) is 69.8 Å². The number of nitrogens with zero attached hydrogens (tertiary/aromatic N) is 1. The molecular weight excluding hydrogens is 315 g/mol.